The van der Waals surface area contributed by atoms with Crippen LogP contribution in [0, 0.1) is 5.92 Å². The molecule has 0 amide bonds. The second-order valence-electron chi connectivity index (χ2n) is 10.4. The molecule has 0 aliphatic heterocycles. The lowest BCUT2D eigenvalue weighted by Crippen LogP contribution is -2.16. The maximum absolute atomic E-state index is 3.69. The van der Waals surface area contributed by atoms with Crippen LogP contribution in [0.3, 0.4) is 0 Å². The molecule has 0 heterocycles. The lowest BCUT2D eigenvalue weighted by Gasteiger charge is -2.21. The van der Waals surface area contributed by atoms with E-state index in [4.69, 9.17) is 0 Å². The van der Waals surface area contributed by atoms with Crippen LogP contribution in [0.5, 0.6) is 0 Å². The van der Waals surface area contributed by atoms with Crippen LogP contribution in [-0.4, -0.2) is 6.04 Å². The van der Waals surface area contributed by atoms with Crippen molar-refractivity contribution in [3.63, 3.8) is 0 Å². The van der Waals surface area contributed by atoms with Gasteiger partial charge in [0.25, 0.3) is 0 Å². The monoisotopic (exact) mass is 443 g/mol. The Balaban J connectivity index is 2.13. The van der Waals surface area contributed by atoms with Crippen molar-refractivity contribution in [2.45, 2.75) is 155 Å². The molecule has 0 radical (unpaired) electrons. The highest BCUT2D eigenvalue weighted by molar-refractivity contribution is 5.43. The van der Waals surface area contributed by atoms with E-state index in [0.29, 0.717) is 6.04 Å². The highest BCUT2D eigenvalue weighted by atomic mass is 14.9. The molecule has 0 aliphatic rings. The number of para-hydroxylation sites is 1. The van der Waals surface area contributed by atoms with E-state index >= 15 is 0 Å². The molecule has 186 valence electrons. The van der Waals surface area contributed by atoms with Crippen LogP contribution in [-0.2, 0) is 0 Å². The number of nitrogens with one attached hydrogen (secondary N) is 1. The second kappa shape index (κ2) is 21.8. The molecule has 0 spiro atoms. The topological polar surface area (TPSA) is 12.0 Å². The summed E-state index contributed by atoms with van der Waals surface area (Å²) in [4.78, 5) is 0. The molecule has 1 nitrogen and oxygen atoms in total. The third-order valence-electron chi connectivity index (χ3n) is 7.13. The van der Waals surface area contributed by atoms with Crippen molar-refractivity contribution in [3.8, 4) is 0 Å². The fourth-order valence-electron chi connectivity index (χ4n) is 4.94. The van der Waals surface area contributed by atoms with Crippen LogP contribution >= 0.6 is 0 Å². The zero-order valence-electron chi connectivity index (χ0n) is 22.2. The maximum atomic E-state index is 3.69. The van der Waals surface area contributed by atoms with Crippen LogP contribution in [0.15, 0.2) is 30.3 Å². The fraction of sp³-hybridized carbons (Fsp3) is 0.806. The van der Waals surface area contributed by atoms with Crippen molar-refractivity contribution in [1.29, 1.82) is 0 Å². The molecular weight excluding hydrogens is 386 g/mol. The number of hydrogen-bond acceptors (Lipinski definition) is 1. The van der Waals surface area contributed by atoms with Gasteiger partial charge in [-0.2, -0.15) is 0 Å². The molecule has 0 fully saturated rings. The van der Waals surface area contributed by atoms with Gasteiger partial charge in [0.15, 0.2) is 0 Å². The van der Waals surface area contributed by atoms with Crippen molar-refractivity contribution in [2.75, 3.05) is 5.32 Å². The third kappa shape index (κ3) is 17.6. The predicted molar refractivity (Wildman–Crippen MR) is 147 cm³/mol. The van der Waals surface area contributed by atoms with Crippen LogP contribution in [0.4, 0.5) is 5.69 Å². The Bertz CT molecular complexity index is 482. The molecule has 1 rings (SSSR count). The summed E-state index contributed by atoms with van der Waals surface area (Å²) < 4.78 is 0. The minimum absolute atomic E-state index is 0.567. The van der Waals surface area contributed by atoms with Gasteiger partial charge >= 0.3 is 0 Å². The van der Waals surface area contributed by atoms with Crippen molar-refractivity contribution >= 4 is 5.69 Å². The highest BCUT2D eigenvalue weighted by Gasteiger charge is 2.11. The Labute approximate surface area is 202 Å². The number of unbranched alkanes of at least 4 members (excludes halogenated alkanes) is 14. The summed E-state index contributed by atoms with van der Waals surface area (Å²) in [7, 11) is 0. The molecule has 0 saturated heterocycles. The molecule has 1 heteroatoms. The maximum Gasteiger partial charge on any atom is 0.0342 e. The molecule has 32 heavy (non-hydrogen) atoms. The van der Waals surface area contributed by atoms with Gasteiger partial charge in [-0.25, -0.2) is 0 Å². The molecule has 2 atom stereocenters. The Morgan fingerprint density at radius 1 is 0.531 bits per heavy atom. The first kappa shape index (κ1) is 29.1. The predicted octanol–water partition coefficient (Wildman–Crippen LogP) is 10.9. The molecule has 0 saturated carbocycles. The first-order valence-corrected chi connectivity index (χ1v) is 14.6. The molecule has 0 bridgehead atoms. The van der Waals surface area contributed by atoms with Crippen molar-refractivity contribution in [3.05, 3.63) is 30.3 Å². The van der Waals surface area contributed by atoms with E-state index in [9.17, 15) is 0 Å². The van der Waals surface area contributed by atoms with E-state index in [2.05, 4.69) is 56.4 Å². The third-order valence-corrected chi connectivity index (χ3v) is 7.13. The van der Waals surface area contributed by atoms with Crippen molar-refractivity contribution in [1.82, 2.24) is 0 Å². The molecule has 0 aromatic heterocycles. The van der Waals surface area contributed by atoms with Crippen LogP contribution in [0.25, 0.3) is 0 Å². The molecular formula is C31H57N. The highest BCUT2D eigenvalue weighted by Crippen LogP contribution is 2.24. The Morgan fingerprint density at radius 2 is 0.969 bits per heavy atom. The van der Waals surface area contributed by atoms with Crippen molar-refractivity contribution in [2.24, 2.45) is 5.92 Å². The van der Waals surface area contributed by atoms with Gasteiger partial charge in [-0.3, -0.25) is 0 Å². The largest absolute Gasteiger partial charge is 0.383 e. The molecule has 0 aliphatic carbocycles. The van der Waals surface area contributed by atoms with Crippen LogP contribution in [0.1, 0.15) is 149 Å². The van der Waals surface area contributed by atoms with E-state index in [1.807, 2.05) is 0 Å². The summed E-state index contributed by atoms with van der Waals surface area (Å²) in [5.41, 5.74) is 1.26. The van der Waals surface area contributed by atoms with Gasteiger partial charge in [-0.15, -0.1) is 0 Å². The zero-order chi connectivity index (χ0) is 23.1. The van der Waals surface area contributed by atoms with E-state index in [0.717, 1.165) is 5.92 Å². The minimum atomic E-state index is 0.567. The summed E-state index contributed by atoms with van der Waals surface area (Å²) in [6.45, 7) is 6.98. The number of anilines is 1. The van der Waals surface area contributed by atoms with E-state index < -0.39 is 0 Å². The van der Waals surface area contributed by atoms with E-state index in [1.54, 1.807) is 0 Å². The Hall–Kier alpha value is -0.980. The Morgan fingerprint density at radius 3 is 1.47 bits per heavy atom. The lowest BCUT2D eigenvalue weighted by atomic mass is 9.89. The Kier molecular flexibility index (Phi) is 19.8. The number of benzene rings is 1. The average molecular weight is 444 g/mol. The smallest absolute Gasteiger partial charge is 0.0342 e. The van der Waals surface area contributed by atoms with Gasteiger partial charge in [0.1, 0.15) is 0 Å². The van der Waals surface area contributed by atoms with Crippen LogP contribution in [0.2, 0.25) is 0 Å². The zero-order valence-corrected chi connectivity index (χ0v) is 22.2. The first-order valence-electron chi connectivity index (χ1n) is 14.6. The van der Waals surface area contributed by atoms with E-state index in [1.165, 1.54) is 134 Å². The fourth-order valence-corrected chi connectivity index (χ4v) is 4.94. The van der Waals surface area contributed by atoms with Crippen LogP contribution < -0.4 is 5.32 Å². The van der Waals surface area contributed by atoms with Crippen molar-refractivity contribution < 1.29 is 0 Å². The minimum Gasteiger partial charge on any atom is -0.383 e. The molecule has 1 N–H and O–H groups in total. The summed E-state index contributed by atoms with van der Waals surface area (Å²) in [5.74, 6) is 0.940. The summed E-state index contributed by atoms with van der Waals surface area (Å²) in [5, 5.41) is 3.69. The molecule has 1 aromatic rings. The van der Waals surface area contributed by atoms with Gasteiger partial charge in [0.05, 0.1) is 0 Å². The van der Waals surface area contributed by atoms with Gasteiger partial charge in [0, 0.05) is 11.7 Å². The SMILES string of the molecule is CCCCCCCCCCCCCCC(CCCCCC)CCC(C)Nc1ccccc1. The second-order valence-corrected chi connectivity index (χ2v) is 10.4. The van der Waals surface area contributed by atoms with Gasteiger partial charge in [-0.05, 0) is 37.8 Å². The molecule has 1 aromatic carbocycles. The lowest BCUT2D eigenvalue weighted by molar-refractivity contribution is 0.366. The summed E-state index contributed by atoms with van der Waals surface area (Å²) in [6.07, 6.45) is 28.7. The summed E-state index contributed by atoms with van der Waals surface area (Å²) >= 11 is 0. The average Bonchev–Trinajstić information content (AvgIpc) is 2.81. The summed E-state index contributed by atoms with van der Waals surface area (Å²) in [6, 6.07) is 11.3. The normalized spacial score (nSPS) is 13.2. The van der Waals surface area contributed by atoms with Gasteiger partial charge in [-0.1, -0.05) is 148 Å². The van der Waals surface area contributed by atoms with E-state index in [-0.39, 0.29) is 0 Å². The standard InChI is InChI=1S/C31H57N/c1-4-6-8-10-11-12-13-14-15-16-17-20-24-30(23-19-9-7-5-2)28-27-29(3)32-31-25-21-18-22-26-31/h18,21-22,25-26,29-30,32H,4-17,19-20,23-24,27-28H2,1-3H3. The first-order chi connectivity index (χ1) is 15.8. The van der Waals surface area contributed by atoms with Gasteiger partial charge < -0.3 is 5.32 Å². The van der Waals surface area contributed by atoms with Gasteiger partial charge in [0.2, 0.25) is 0 Å². The molecule has 2 unspecified atom stereocenters. The quantitative estimate of drug-likeness (QED) is 0.166. The number of hydrogen-bond donors (Lipinski definition) is 1. The number of rotatable bonds is 23.